The number of nitrogens with zero attached hydrogens (tertiary/aromatic N) is 1. The summed E-state index contributed by atoms with van der Waals surface area (Å²) in [5.41, 5.74) is 0. The van der Waals surface area contributed by atoms with Gasteiger partial charge in [0.1, 0.15) is 0 Å². The highest BCUT2D eigenvalue weighted by Gasteiger charge is 2.17. The third-order valence-electron chi connectivity index (χ3n) is 2.37. The van der Waals surface area contributed by atoms with Crippen LogP contribution in [-0.2, 0) is 0 Å². The lowest BCUT2D eigenvalue weighted by atomic mass is 10.2. The predicted octanol–water partition coefficient (Wildman–Crippen LogP) is 1.25. The topological polar surface area (TPSA) is 15.3 Å². The molecule has 1 atom stereocenters. The van der Waals surface area contributed by atoms with E-state index < -0.39 is 0 Å². The molecule has 2 heteroatoms. The SMILES string of the molecule is C/C=C/CCNC1CCN(C)C1. The summed E-state index contributed by atoms with van der Waals surface area (Å²) in [4.78, 5) is 2.38. The second-order valence-corrected chi connectivity index (χ2v) is 3.56. The Balaban J connectivity index is 2.00. The number of allylic oxidation sites excluding steroid dienone is 1. The molecule has 1 fully saturated rings. The van der Waals surface area contributed by atoms with Crippen molar-refractivity contribution in [1.29, 1.82) is 0 Å². The Hall–Kier alpha value is -0.340. The fourth-order valence-corrected chi connectivity index (χ4v) is 1.64. The third-order valence-corrected chi connectivity index (χ3v) is 2.37. The molecule has 0 amide bonds. The highest BCUT2D eigenvalue weighted by Crippen LogP contribution is 2.05. The number of likely N-dealkylation sites (N-methyl/N-ethyl adjacent to an activating group) is 1. The summed E-state index contributed by atoms with van der Waals surface area (Å²) in [6, 6.07) is 0.736. The highest BCUT2D eigenvalue weighted by atomic mass is 15.2. The van der Waals surface area contributed by atoms with Gasteiger partial charge in [0.05, 0.1) is 0 Å². The first-order chi connectivity index (χ1) is 5.83. The molecule has 0 aromatic carbocycles. The lowest BCUT2D eigenvalue weighted by molar-refractivity contribution is 0.399. The molecule has 0 saturated carbocycles. The van der Waals surface area contributed by atoms with Crippen LogP contribution >= 0.6 is 0 Å². The summed E-state index contributed by atoms with van der Waals surface area (Å²) in [5.74, 6) is 0. The van der Waals surface area contributed by atoms with Crippen LogP contribution in [0.3, 0.4) is 0 Å². The molecule has 0 aromatic rings. The van der Waals surface area contributed by atoms with Crippen molar-refractivity contribution in [2.24, 2.45) is 0 Å². The Morgan fingerprint density at radius 1 is 1.58 bits per heavy atom. The van der Waals surface area contributed by atoms with Crippen molar-refractivity contribution in [2.45, 2.75) is 25.8 Å². The summed E-state index contributed by atoms with van der Waals surface area (Å²) >= 11 is 0. The quantitative estimate of drug-likeness (QED) is 0.502. The molecule has 1 aliphatic heterocycles. The molecule has 1 unspecified atom stereocenters. The molecule has 1 saturated heterocycles. The van der Waals surface area contributed by atoms with E-state index in [0.29, 0.717) is 0 Å². The maximum absolute atomic E-state index is 3.55. The normalized spacial score (nSPS) is 25.7. The fraction of sp³-hybridized carbons (Fsp3) is 0.800. The van der Waals surface area contributed by atoms with E-state index in [9.17, 15) is 0 Å². The molecule has 70 valence electrons. The molecular formula is C10H20N2. The number of likely N-dealkylation sites (tertiary alicyclic amines) is 1. The van der Waals surface area contributed by atoms with Gasteiger partial charge in [0.2, 0.25) is 0 Å². The van der Waals surface area contributed by atoms with Gasteiger partial charge in [-0.2, -0.15) is 0 Å². The third kappa shape index (κ3) is 3.37. The average Bonchev–Trinajstić information content (AvgIpc) is 2.45. The van der Waals surface area contributed by atoms with Crippen LogP contribution < -0.4 is 5.32 Å². The van der Waals surface area contributed by atoms with Crippen molar-refractivity contribution < 1.29 is 0 Å². The van der Waals surface area contributed by atoms with Crippen molar-refractivity contribution in [3.05, 3.63) is 12.2 Å². The maximum atomic E-state index is 3.55. The Labute approximate surface area is 75.6 Å². The van der Waals surface area contributed by atoms with Gasteiger partial charge in [-0.25, -0.2) is 0 Å². The van der Waals surface area contributed by atoms with Gasteiger partial charge in [-0.3, -0.25) is 0 Å². The molecule has 0 radical (unpaired) electrons. The van der Waals surface area contributed by atoms with Crippen molar-refractivity contribution in [1.82, 2.24) is 10.2 Å². The van der Waals surface area contributed by atoms with Gasteiger partial charge < -0.3 is 10.2 Å². The van der Waals surface area contributed by atoms with Gasteiger partial charge >= 0.3 is 0 Å². The van der Waals surface area contributed by atoms with Gasteiger partial charge in [0, 0.05) is 12.6 Å². The first kappa shape index (κ1) is 9.75. The molecule has 1 heterocycles. The molecule has 1 aliphatic rings. The van der Waals surface area contributed by atoms with E-state index in [4.69, 9.17) is 0 Å². The van der Waals surface area contributed by atoms with Crippen LogP contribution in [0.2, 0.25) is 0 Å². The Bertz CT molecular complexity index is 143. The van der Waals surface area contributed by atoms with Crippen LogP contribution in [0.5, 0.6) is 0 Å². The van der Waals surface area contributed by atoms with E-state index in [1.807, 2.05) is 0 Å². The summed E-state index contributed by atoms with van der Waals surface area (Å²) in [6.45, 7) is 5.67. The van der Waals surface area contributed by atoms with Gasteiger partial charge in [-0.05, 0) is 39.9 Å². The minimum atomic E-state index is 0.736. The van der Waals surface area contributed by atoms with Gasteiger partial charge in [0.25, 0.3) is 0 Å². The van der Waals surface area contributed by atoms with E-state index in [1.165, 1.54) is 19.5 Å². The number of rotatable bonds is 4. The fourth-order valence-electron chi connectivity index (χ4n) is 1.64. The Morgan fingerprint density at radius 3 is 3.00 bits per heavy atom. The highest BCUT2D eigenvalue weighted by molar-refractivity contribution is 4.82. The molecule has 2 nitrogen and oxygen atoms in total. The zero-order chi connectivity index (χ0) is 8.81. The molecule has 1 N–H and O–H groups in total. The average molecular weight is 168 g/mol. The lowest BCUT2D eigenvalue weighted by Crippen LogP contribution is -2.31. The van der Waals surface area contributed by atoms with E-state index in [1.54, 1.807) is 0 Å². The summed E-state index contributed by atoms with van der Waals surface area (Å²) < 4.78 is 0. The lowest BCUT2D eigenvalue weighted by Gasteiger charge is -2.11. The first-order valence-electron chi connectivity index (χ1n) is 4.86. The van der Waals surface area contributed by atoms with Crippen molar-refractivity contribution in [3.63, 3.8) is 0 Å². The van der Waals surface area contributed by atoms with E-state index in [-0.39, 0.29) is 0 Å². The summed E-state index contributed by atoms with van der Waals surface area (Å²) in [5, 5.41) is 3.55. The van der Waals surface area contributed by atoms with Crippen molar-refractivity contribution >= 4 is 0 Å². The molecule has 0 aromatic heterocycles. The van der Waals surface area contributed by atoms with Gasteiger partial charge in [-0.15, -0.1) is 0 Å². The van der Waals surface area contributed by atoms with Crippen LogP contribution in [0.1, 0.15) is 19.8 Å². The van der Waals surface area contributed by atoms with Crippen LogP contribution in [0.15, 0.2) is 12.2 Å². The Morgan fingerprint density at radius 2 is 2.42 bits per heavy atom. The molecule has 0 aliphatic carbocycles. The van der Waals surface area contributed by atoms with E-state index in [0.717, 1.165) is 19.0 Å². The smallest absolute Gasteiger partial charge is 0.0207 e. The number of hydrogen-bond donors (Lipinski definition) is 1. The summed E-state index contributed by atoms with van der Waals surface area (Å²) in [7, 11) is 2.19. The second kappa shape index (κ2) is 5.33. The largest absolute Gasteiger partial charge is 0.312 e. The minimum absolute atomic E-state index is 0.736. The molecule has 12 heavy (non-hydrogen) atoms. The predicted molar refractivity (Wildman–Crippen MR) is 53.3 cm³/mol. The van der Waals surface area contributed by atoms with Crippen molar-refractivity contribution in [3.8, 4) is 0 Å². The van der Waals surface area contributed by atoms with Crippen LogP contribution in [0.4, 0.5) is 0 Å². The van der Waals surface area contributed by atoms with E-state index in [2.05, 4.69) is 36.3 Å². The van der Waals surface area contributed by atoms with Crippen molar-refractivity contribution in [2.75, 3.05) is 26.7 Å². The monoisotopic (exact) mass is 168 g/mol. The zero-order valence-corrected chi connectivity index (χ0v) is 8.21. The van der Waals surface area contributed by atoms with Crippen LogP contribution in [-0.4, -0.2) is 37.6 Å². The second-order valence-electron chi connectivity index (χ2n) is 3.56. The number of nitrogens with one attached hydrogen (secondary N) is 1. The van der Waals surface area contributed by atoms with E-state index >= 15 is 0 Å². The molecule has 1 rings (SSSR count). The maximum Gasteiger partial charge on any atom is 0.0207 e. The molecule has 0 spiro atoms. The van der Waals surface area contributed by atoms with Crippen LogP contribution in [0.25, 0.3) is 0 Å². The standard InChI is InChI=1S/C10H20N2/c1-3-4-5-7-11-10-6-8-12(2)9-10/h3-4,10-11H,5-9H2,1-2H3/b4-3+. The zero-order valence-electron chi connectivity index (χ0n) is 8.21. The Kier molecular flexibility index (Phi) is 4.33. The van der Waals surface area contributed by atoms with Gasteiger partial charge in [0.15, 0.2) is 0 Å². The molecule has 0 bridgehead atoms. The summed E-state index contributed by atoms with van der Waals surface area (Å²) in [6.07, 6.45) is 6.80. The van der Waals surface area contributed by atoms with Crippen LogP contribution in [0, 0.1) is 0 Å². The first-order valence-corrected chi connectivity index (χ1v) is 4.86. The number of hydrogen-bond acceptors (Lipinski definition) is 2. The minimum Gasteiger partial charge on any atom is -0.312 e. The molecular weight excluding hydrogens is 148 g/mol. The van der Waals surface area contributed by atoms with Gasteiger partial charge in [-0.1, -0.05) is 12.2 Å².